The number of benzene rings is 2. The number of imidazole rings is 1. The lowest BCUT2D eigenvalue weighted by Gasteiger charge is -2.59. The first-order valence-corrected chi connectivity index (χ1v) is 22.5. The molecular formula is C40H45F6N3O4SSi. The molecule has 2 aliphatic carbocycles. The molecule has 2 aromatic carbocycles. The molecule has 55 heavy (non-hydrogen) atoms. The van der Waals surface area contributed by atoms with Gasteiger partial charge in [-0.2, -0.15) is 22.0 Å². The van der Waals surface area contributed by atoms with Crippen molar-refractivity contribution < 1.29 is 44.5 Å². The second kappa shape index (κ2) is 13.0. The summed E-state index contributed by atoms with van der Waals surface area (Å²) in [4.78, 5) is 22.6. The Kier molecular flexibility index (Phi) is 9.36. The van der Waals surface area contributed by atoms with Gasteiger partial charge in [0.1, 0.15) is 17.4 Å². The van der Waals surface area contributed by atoms with Gasteiger partial charge in [-0.1, -0.05) is 39.0 Å². The minimum absolute atomic E-state index is 0.0826. The lowest BCUT2D eigenvalue weighted by atomic mass is 9.58. The van der Waals surface area contributed by atoms with E-state index >= 15 is 17.6 Å². The van der Waals surface area contributed by atoms with Gasteiger partial charge in [0, 0.05) is 61.9 Å². The summed E-state index contributed by atoms with van der Waals surface area (Å²) in [6.07, 6.45) is -3.97. The van der Waals surface area contributed by atoms with Crippen LogP contribution in [-0.2, 0) is 20.6 Å². The van der Waals surface area contributed by atoms with E-state index in [0.29, 0.717) is 45.5 Å². The van der Waals surface area contributed by atoms with Gasteiger partial charge >= 0.3 is 12.8 Å². The van der Waals surface area contributed by atoms with Gasteiger partial charge in [0.25, 0.3) is 0 Å². The Hall–Kier alpha value is -3.56. The quantitative estimate of drug-likeness (QED) is 0.130. The van der Waals surface area contributed by atoms with E-state index < -0.39 is 77.4 Å². The van der Waals surface area contributed by atoms with Crippen LogP contribution in [0.1, 0.15) is 107 Å². The summed E-state index contributed by atoms with van der Waals surface area (Å²) >= 11 is 0. The van der Waals surface area contributed by atoms with E-state index in [-0.39, 0.29) is 35.3 Å². The third-order valence-electron chi connectivity index (χ3n) is 12.0. The first-order valence-electron chi connectivity index (χ1n) is 18.3. The Labute approximate surface area is 319 Å². The van der Waals surface area contributed by atoms with Gasteiger partial charge in [0.15, 0.2) is 19.7 Å². The molecule has 1 saturated carbocycles. The smallest absolute Gasteiger partial charge is 0.416 e. The van der Waals surface area contributed by atoms with E-state index in [1.165, 1.54) is 24.4 Å². The Morgan fingerprint density at radius 1 is 1.02 bits per heavy atom. The van der Waals surface area contributed by atoms with Crippen LogP contribution in [0.2, 0.25) is 18.1 Å². The summed E-state index contributed by atoms with van der Waals surface area (Å²) in [5.74, 6) is -0.942. The molecule has 2 bridgehead atoms. The van der Waals surface area contributed by atoms with Crippen molar-refractivity contribution in [1.29, 1.82) is 0 Å². The molecule has 4 aromatic rings. The average molecular weight is 806 g/mol. The topological polar surface area (TPSA) is 83.3 Å². The number of carbonyl (C=O) groups excluding carboxylic acids is 1. The second-order valence-corrected chi connectivity index (χ2v) is 24.8. The number of hydrogen-bond acceptors (Lipinski definition) is 6. The van der Waals surface area contributed by atoms with Crippen LogP contribution in [0, 0.1) is 5.82 Å². The molecule has 3 heterocycles. The van der Waals surface area contributed by atoms with Crippen LogP contribution in [0.25, 0.3) is 22.2 Å². The summed E-state index contributed by atoms with van der Waals surface area (Å²) in [5, 5.41) is -0.528. The van der Waals surface area contributed by atoms with E-state index in [1.807, 2.05) is 25.3 Å². The third-order valence-corrected chi connectivity index (χ3v) is 18.7. The van der Waals surface area contributed by atoms with Gasteiger partial charge < -0.3 is 13.7 Å². The number of alkyl halides is 5. The number of hydrogen-bond donors (Lipinski definition) is 0. The lowest BCUT2D eigenvalue weighted by molar-refractivity contribution is -0.295. The highest BCUT2D eigenvalue weighted by Gasteiger charge is 2.72. The van der Waals surface area contributed by atoms with Gasteiger partial charge in [0.05, 0.1) is 22.8 Å². The van der Waals surface area contributed by atoms with Crippen molar-refractivity contribution in [3.63, 3.8) is 0 Å². The Bertz CT molecular complexity index is 2220. The van der Waals surface area contributed by atoms with Crippen LogP contribution in [0.4, 0.5) is 26.3 Å². The summed E-state index contributed by atoms with van der Waals surface area (Å²) in [6.45, 7) is 11.1. The number of fused-ring (bicyclic) bond motifs is 9. The Morgan fingerprint density at radius 3 is 2.31 bits per heavy atom. The minimum Gasteiger partial charge on any atom is -0.434 e. The third kappa shape index (κ3) is 6.65. The molecule has 0 unspecified atom stereocenters. The zero-order valence-electron chi connectivity index (χ0n) is 32.0. The number of aromatic nitrogens is 3. The van der Waals surface area contributed by atoms with Crippen molar-refractivity contribution in [2.24, 2.45) is 0 Å². The first kappa shape index (κ1) is 39.7. The van der Waals surface area contributed by atoms with Crippen LogP contribution in [-0.4, -0.2) is 61.7 Å². The first-order chi connectivity index (χ1) is 25.4. The number of halogens is 6. The summed E-state index contributed by atoms with van der Waals surface area (Å²) in [6, 6.07) is 10.5. The molecule has 15 heteroatoms. The number of ether oxygens (including phenoxy) is 1. The highest BCUT2D eigenvalue weighted by molar-refractivity contribution is 7.86. The molecule has 3 atom stereocenters. The zero-order chi connectivity index (χ0) is 40.3. The molecule has 7 nitrogen and oxygen atoms in total. The van der Waals surface area contributed by atoms with Crippen molar-refractivity contribution in [2.75, 3.05) is 5.75 Å². The number of nitrogens with zero attached hydrogens (tertiary/aromatic N) is 3. The molecule has 296 valence electrons. The van der Waals surface area contributed by atoms with Crippen LogP contribution >= 0.6 is 0 Å². The van der Waals surface area contributed by atoms with Crippen LogP contribution in [0.3, 0.4) is 0 Å². The molecule has 1 aliphatic heterocycles. The van der Waals surface area contributed by atoms with E-state index in [0.717, 1.165) is 0 Å². The molecule has 0 saturated heterocycles. The fraction of sp³-hybridized carbons (Fsp3) is 0.525. The van der Waals surface area contributed by atoms with E-state index in [1.54, 1.807) is 58.1 Å². The molecule has 0 radical (unpaired) electrons. The van der Waals surface area contributed by atoms with E-state index in [2.05, 4.69) is 4.98 Å². The summed E-state index contributed by atoms with van der Waals surface area (Å²) < 4.78 is 114. The van der Waals surface area contributed by atoms with Gasteiger partial charge in [0.2, 0.25) is 0 Å². The van der Waals surface area contributed by atoms with E-state index in [4.69, 9.17) is 14.1 Å². The predicted octanol–water partition coefficient (Wildman–Crippen LogP) is 10.4. The molecule has 7 rings (SSSR count). The van der Waals surface area contributed by atoms with Gasteiger partial charge in [-0.3, -0.25) is 14.0 Å². The maximum atomic E-state index is 16.5. The zero-order valence-corrected chi connectivity index (χ0v) is 33.9. The van der Waals surface area contributed by atoms with Gasteiger partial charge in [-0.25, -0.2) is 9.37 Å². The second-order valence-electron chi connectivity index (χ2n) is 17.9. The number of ketones is 1. The van der Waals surface area contributed by atoms with Crippen molar-refractivity contribution in [3.05, 3.63) is 77.1 Å². The minimum atomic E-state index is -4.76. The number of carbonyl (C=O) groups is 1. The summed E-state index contributed by atoms with van der Waals surface area (Å²) in [7, 11) is -4.61. The number of Topliss-reactive ketones (excluding diaryl/α,β-unsaturated/α-hetero) is 1. The SMILES string of the molecule is CC(C)(C)[S@@](=O)CC1(c2ncc(-c3ccc4nc5n(c4c3)[C@@H]3C[C@H]5CC(=O)c4cccc(OC(F)F)c43)cc2F)CC(O[Si](C)(C)C(C)(C)C)(C(F)(F)F)C1. The van der Waals surface area contributed by atoms with Crippen molar-refractivity contribution >= 4 is 35.9 Å². The average Bonchev–Trinajstić information content (AvgIpc) is 3.53. The maximum Gasteiger partial charge on any atom is 0.416 e. The molecule has 0 amide bonds. The van der Waals surface area contributed by atoms with Crippen molar-refractivity contribution in [3.8, 4) is 16.9 Å². The highest BCUT2D eigenvalue weighted by Crippen LogP contribution is 2.62. The fourth-order valence-electron chi connectivity index (χ4n) is 8.28. The maximum absolute atomic E-state index is 16.5. The number of pyridine rings is 1. The molecular weight excluding hydrogens is 761 g/mol. The van der Waals surface area contributed by atoms with Crippen LogP contribution in [0.5, 0.6) is 5.75 Å². The largest absolute Gasteiger partial charge is 0.434 e. The molecule has 0 spiro atoms. The van der Waals surface area contributed by atoms with Gasteiger partial charge in [-0.15, -0.1) is 0 Å². The van der Waals surface area contributed by atoms with Crippen molar-refractivity contribution in [1.82, 2.24) is 14.5 Å². The molecule has 3 aliphatic rings. The molecule has 0 N–H and O–H groups in total. The van der Waals surface area contributed by atoms with Crippen LogP contribution < -0.4 is 4.74 Å². The van der Waals surface area contributed by atoms with Crippen LogP contribution in [0.15, 0.2) is 48.7 Å². The Morgan fingerprint density at radius 2 is 1.71 bits per heavy atom. The fourth-order valence-corrected chi connectivity index (χ4v) is 11.1. The molecule has 2 aromatic heterocycles. The van der Waals surface area contributed by atoms with Crippen molar-refractivity contribution in [2.45, 2.75) is 126 Å². The molecule has 1 fully saturated rings. The standard InChI is InChI=1S/C40H45F6N3O4SSi/c1-36(2,3)54(51)21-38(19-39(20-38,40(44,45)46)53-55(7,8)37(4,5)6)33-26(41)14-24(18-47-33)22-12-13-27-28(15-22)49-29-16-23(34(49)48-27)17-30(50)25-10-9-11-31(32(25)29)52-35(42)43/h9-15,18,23,29,35H,16-17,19-21H2,1-8H3/t23-,29+,38?,39?,54-/m0/s1. The van der Waals surface area contributed by atoms with Gasteiger partial charge in [-0.05, 0) is 88.0 Å². The highest BCUT2D eigenvalue weighted by atomic mass is 32.2. The normalized spacial score (nSPS) is 24.7. The monoisotopic (exact) mass is 805 g/mol. The Balaban J connectivity index is 1.28. The summed E-state index contributed by atoms with van der Waals surface area (Å²) in [5.41, 5.74) is -1.45. The lowest BCUT2D eigenvalue weighted by Crippen LogP contribution is -2.69. The predicted molar refractivity (Wildman–Crippen MR) is 201 cm³/mol. The van der Waals surface area contributed by atoms with E-state index in [9.17, 15) is 17.8 Å². The number of rotatable bonds is 8.